The summed E-state index contributed by atoms with van der Waals surface area (Å²) in [5.41, 5.74) is 1.21. The van der Waals surface area contributed by atoms with E-state index in [0.717, 1.165) is 42.6 Å². The van der Waals surface area contributed by atoms with Crippen LogP contribution in [-0.4, -0.2) is 45.7 Å². The molecule has 1 aliphatic heterocycles. The number of hydrogen-bond donors (Lipinski definition) is 2. The van der Waals surface area contributed by atoms with Crippen molar-refractivity contribution in [3.05, 3.63) is 70.8 Å². The molecule has 3 aromatic rings. The Hall–Kier alpha value is -2.77. The third-order valence-corrected chi connectivity index (χ3v) is 6.30. The number of anilines is 1. The lowest BCUT2D eigenvalue weighted by atomic mass is 10.1. The number of methoxy groups -OCH3 is 1. The number of quaternary nitrogens is 1. The van der Waals surface area contributed by atoms with Crippen molar-refractivity contribution in [3.63, 3.8) is 0 Å². The van der Waals surface area contributed by atoms with Crippen LogP contribution in [0.2, 0.25) is 0 Å². The molecular formula is C22H26N3O3S+. The van der Waals surface area contributed by atoms with E-state index in [1.165, 1.54) is 21.9 Å². The van der Waals surface area contributed by atoms with Gasteiger partial charge in [0, 0.05) is 5.69 Å². The molecule has 2 aromatic heterocycles. The fourth-order valence-electron chi connectivity index (χ4n) is 3.82. The fraction of sp³-hybridized carbons (Fsp3) is 0.318. The van der Waals surface area contributed by atoms with Crippen LogP contribution in [0.5, 0.6) is 5.75 Å². The van der Waals surface area contributed by atoms with Gasteiger partial charge in [0.1, 0.15) is 5.75 Å². The highest BCUT2D eigenvalue weighted by atomic mass is 32.1. The zero-order valence-corrected chi connectivity index (χ0v) is 17.3. The van der Waals surface area contributed by atoms with Gasteiger partial charge in [0.15, 0.2) is 11.8 Å². The number of rotatable bonds is 7. The first kappa shape index (κ1) is 19.5. The number of thiophene rings is 1. The topological polar surface area (TPSA) is 59.1 Å². The summed E-state index contributed by atoms with van der Waals surface area (Å²) in [7, 11) is 1.68. The standard InChI is InChI=1S/C22H25N3O3S/c1-27-18-8-6-17(7-9-18)24-10-12-25(13-11-24)19(20-4-2-14-28-20)16-23-22(26)21-5-3-15-29-21/h2-9,14-15,19H,10-13,16H2,1H3,(H,23,26)/p+1/t19-/m0/s1. The van der Waals surface area contributed by atoms with E-state index in [0.29, 0.717) is 6.54 Å². The Kier molecular flexibility index (Phi) is 6.17. The van der Waals surface area contributed by atoms with Crippen molar-refractivity contribution in [3.8, 4) is 5.75 Å². The van der Waals surface area contributed by atoms with Gasteiger partial charge in [-0.25, -0.2) is 0 Å². The van der Waals surface area contributed by atoms with Crippen LogP contribution in [-0.2, 0) is 0 Å². The first-order chi connectivity index (χ1) is 14.2. The Morgan fingerprint density at radius 1 is 1.21 bits per heavy atom. The highest BCUT2D eigenvalue weighted by Gasteiger charge is 2.31. The monoisotopic (exact) mass is 412 g/mol. The van der Waals surface area contributed by atoms with E-state index < -0.39 is 0 Å². The summed E-state index contributed by atoms with van der Waals surface area (Å²) in [6, 6.07) is 16.0. The zero-order valence-electron chi connectivity index (χ0n) is 16.5. The van der Waals surface area contributed by atoms with E-state index >= 15 is 0 Å². The number of carbonyl (C=O) groups excluding carboxylic acids is 1. The van der Waals surface area contributed by atoms with E-state index in [1.54, 1.807) is 13.4 Å². The van der Waals surface area contributed by atoms with Crippen LogP contribution in [0.1, 0.15) is 21.5 Å². The molecule has 29 heavy (non-hydrogen) atoms. The molecule has 7 heteroatoms. The molecule has 0 aliphatic carbocycles. The molecule has 0 saturated carbocycles. The zero-order chi connectivity index (χ0) is 20.1. The number of amides is 1. The van der Waals surface area contributed by atoms with Crippen molar-refractivity contribution >= 4 is 22.9 Å². The van der Waals surface area contributed by atoms with Crippen LogP contribution in [0.4, 0.5) is 5.69 Å². The summed E-state index contributed by atoms with van der Waals surface area (Å²) in [6.07, 6.45) is 1.70. The second kappa shape index (κ2) is 9.15. The Bertz CT molecular complexity index is 886. The van der Waals surface area contributed by atoms with Gasteiger partial charge in [-0.15, -0.1) is 11.3 Å². The molecule has 0 spiro atoms. The molecule has 0 radical (unpaired) electrons. The first-order valence-corrected chi connectivity index (χ1v) is 10.7. The minimum atomic E-state index is -0.0205. The summed E-state index contributed by atoms with van der Waals surface area (Å²) in [5, 5.41) is 5.01. The molecule has 2 N–H and O–H groups in total. The van der Waals surface area contributed by atoms with Crippen LogP contribution in [0.3, 0.4) is 0 Å². The number of furan rings is 1. The average Bonchev–Trinajstić information content (AvgIpc) is 3.49. The number of piperazine rings is 1. The van der Waals surface area contributed by atoms with Crippen molar-refractivity contribution in [2.45, 2.75) is 6.04 Å². The fourth-order valence-corrected chi connectivity index (χ4v) is 4.46. The molecule has 0 bridgehead atoms. The number of ether oxygens (including phenoxy) is 1. The number of hydrogen-bond acceptors (Lipinski definition) is 5. The number of nitrogens with zero attached hydrogens (tertiary/aromatic N) is 1. The van der Waals surface area contributed by atoms with Crippen LogP contribution in [0.25, 0.3) is 0 Å². The molecule has 6 nitrogen and oxygen atoms in total. The molecule has 1 saturated heterocycles. The van der Waals surface area contributed by atoms with E-state index in [1.807, 2.05) is 41.8 Å². The minimum Gasteiger partial charge on any atom is -0.497 e. The second-order valence-corrected chi connectivity index (χ2v) is 8.05. The smallest absolute Gasteiger partial charge is 0.261 e. The van der Waals surface area contributed by atoms with Crippen LogP contribution < -0.4 is 19.9 Å². The van der Waals surface area contributed by atoms with Gasteiger partial charge in [-0.2, -0.15) is 0 Å². The summed E-state index contributed by atoms with van der Waals surface area (Å²) >= 11 is 1.46. The lowest BCUT2D eigenvalue weighted by Gasteiger charge is -2.37. The predicted molar refractivity (Wildman–Crippen MR) is 114 cm³/mol. The second-order valence-electron chi connectivity index (χ2n) is 7.10. The molecule has 1 amide bonds. The molecule has 152 valence electrons. The van der Waals surface area contributed by atoms with Gasteiger partial charge >= 0.3 is 0 Å². The van der Waals surface area contributed by atoms with Gasteiger partial charge in [-0.1, -0.05) is 6.07 Å². The Morgan fingerprint density at radius 3 is 2.62 bits per heavy atom. The Labute approximate surface area is 174 Å². The lowest BCUT2D eigenvalue weighted by Crippen LogP contribution is -3.15. The molecule has 1 aromatic carbocycles. The van der Waals surface area contributed by atoms with E-state index in [2.05, 4.69) is 22.3 Å². The number of nitrogens with one attached hydrogen (secondary N) is 2. The van der Waals surface area contributed by atoms with Crippen molar-refractivity contribution in [2.24, 2.45) is 0 Å². The quantitative estimate of drug-likeness (QED) is 0.625. The highest BCUT2D eigenvalue weighted by molar-refractivity contribution is 7.12. The van der Waals surface area contributed by atoms with Gasteiger partial charge in [0.25, 0.3) is 5.91 Å². The maximum Gasteiger partial charge on any atom is 0.261 e. The van der Waals surface area contributed by atoms with E-state index in [9.17, 15) is 4.79 Å². The average molecular weight is 413 g/mol. The van der Waals surface area contributed by atoms with Gasteiger partial charge < -0.3 is 24.3 Å². The van der Waals surface area contributed by atoms with E-state index in [-0.39, 0.29) is 11.9 Å². The minimum absolute atomic E-state index is 0.0205. The van der Waals surface area contributed by atoms with Gasteiger partial charge in [0.05, 0.1) is 51.0 Å². The first-order valence-electron chi connectivity index (χ1n) is 9.83. The predicted octanol–water partition coefficient (Wildman–Crippen LogP) is 2.23. The molecular weight excluding hydrogens is 386 g/mol. The van der Waals surface area contributed by atoms with Gasteiger partial charge in [0.2, 0.25) is 0 Å². The molecule has 3 heterocycles. The van der Waals surface area contributed by atoms with Crippen LogP contribution in [0, 0.1) is 0 Å². The summed E-state index contributed by atoms with van der Waals surface area (Å²) in [5.74, 6) is 1.77. The molecule has 4 rings (SSSR count). The maximum absolute atomic E-state index is 12.4. The summed E-state index contributed by atoms with van der Waals surface area (Å²) in [4.78, 5) is 17.0. The normalized spacial score (nSPS) is 15.8. The molecule has 1 atom stereocenters. The SMILES string of the molecule is COc1ccc(N2CC[NH+]([C@@H](CNC(=O)c3cccs3)c3ccco3)CC2)cc1. The Morgan fingerprint density at radius 2 is 2.00 bits per heavy atom. The number of benzene rings is 1. The third-order valence-electron chi connectivity index (χ3n) is 5.43. The molecule has 0 unspecified atom stereocenters. The summed E-state index contributed by atoms with van der Waals surface area (Å²) in [6.45, 7) is 4.43. The van der Waals surface area contributed by atoms with Crippen molar-refractivity contribution in [1.82, 2.24) is 5.32 Å². The molecule has 1 fully saturated rings. The summed E-state index contributed by atoms with van der Waals surface area (Å²) < 4.78 is 11.0. The van der Waals surface area contributed by atoms with Crippen LogP contribution in [0.15, 0.2) is 64.6 Å². The van der Waals surface area contributed by atoms with Crippen molar-refractivity contribution in [2.75, 3.05) is 44.7 Å². The Balaban J connectivity index is 1.39. The van der Waals surface area contributed by atoms with Crippen molar-refractivity contribution < 1.29 is 18.8 Å². The lowest BCUT2D eigenvalue weighted by molar-refractivity contribution is -0.932. The third kappa shape index (κ3) is 4.63. The number of carbonyl (C=O) groups is 1. The molecule has 1 aliphatic rings. The largest absolute Gasteiger partial charge is 0.497 e. The van der Waals surface area contributed by atoms with E-state index in [4.69, 9.17) is 9.15 Å². The van der Waals surface area contributed by atoms with Gasteiger partial charge in [-0.3, -0.25) is 4.79 Å². The van der Waals surface area contributed by atoms with Gasteiger partial charge in [-0.05, 0) is 47.8 Å². The maximum atomic E-state index is 12.4. The van der Waals surface area contributed by atoms with Crippen molar-refractivity contribution in [1.29, 1.82) is 0 Å². The van der Waals surface area contributed by atoms with Crippen LogP contribution >= 0.6 is 11.3 Å². The highest BCUT2D eigenvalue weighted by Crippen LogP contribution is 2.19.